The second-order valence-corrected chi connectivity index (χ2v) is 5.68. The lowest BCUT2D eigenvalue weighted by molar-refractivity contribution is 0.0915. The standard InChI is InChI=1S/C17H23N3O3/c1-11(2)20-12(3)15(9-19-20)17(22)18-10-16(21)13-5-7-14(23-4)8-6-13/h5-9,11,16,21H,10H2,1-4H3,(H,18,22). The molecule has 0 saturated carbocycles. The van der Waals surface area contributed by atoms with Crippen LogP contribution in [0.3, 0.4) is 0 Å². The molecule has 1 aromatic carbocycles. The van der Waals surface area contributed by atoms with Crippen LogP contribution in [0, 0.1) is 6.92 Å². The minimum absolute atomic E-state index is 0.136. The number of nitrogens with one attached hydrogen (secondary N) is 1. The van der Waals surface area contributed by atoms with E-state index in [0.717, 1.165) is 17.0 Å². The van der Waals surface area contributed by atoms with Crippen LogP contribution < -0.4 is 10.1 Å². The molecule has 0 aliphatic heterocycles. The molecular weight excluding hydrogens is 294 g/mol. The fraction of sp³-hybridized carbons (Fsp3) is 0.412. The number of carbonyl (C=O) groups is 1. The van der Waals surface area contributed by atoms with Gasteiger partial charge in [-0.2, -0.15) is 5.10 Å². The lowest BCUT2D eigenvalue weighted by Gasteiger charge is -2.13. The summed E-state index contributed by atoms with van der Waals surface area (Å²) >= 11 is 0. The van der Waals surface area contributed by atoms with Gasteiger partial charge in [0, 0.05) is 18.3 Å². The molecule has 0 aliphatic carbocycles. The average molecular weight is 317 g/mol. The van der Waals surface area contributed by atoms with Crippen LogP contribution in [0.2, 0.25) is 0 Å². The molecule has 2 N–H and O–H groups in total. The van der Waals surface area contributed by atoms with Gasteiger partial charge >= 0.3 is 0 Å². The monoisotopic (exact) mass is 317 g/mol. The number of ether oxygens (including phenoxy) is 1. The minimum atomic E-state index is -0.773. The van der Waals surface area contributed by atoms with Crippen LogP contribution in [-0.4, -0.2) is 34.4 Å². The number of rotatable bonds is 6. The Hall–Kier alpha value is -2.34. The number of aliphatic hydroxyl groups excluding tert-OH is 1. The smallest absolute Gasteiger partial charge is 0.254 e. The Balaban J connectivity index is 1.98. The van der Waals surface area contributed by atoms with Gasteiger partial charge in [0.15, 0.2) is 0 Å². The second-order valence-electron chi connectivity index (χ2n) is 5.68. The molecule has 0 saturated heterocycles. The van der Waals surface area contributed by atoms with Crippen molar-refractivity contribution in [1.82, 2.24) is 15.1 Å². The molecule has 0 fully saturated rings. The first kappa shape index (κ1) is 17.0. The van der Waals surface area contributed by atoms with Gasteiger partial charge in [-0.25, -0.2) is 0 Å². The highest BCUT2D eigenvalue weighted by Gasteiger charge is 2.17. The lowest BCUT2D eigenvalue weighted by atomic mass is 10.1. The molecular formula is C17H23N3O3. The summed E-state index contributed by atoms with van der Waals surface area (Å²) in [6.45, 7) is 6.02. The van der Waals surface area contributed by atoms with Crippen molar-refractivity contribution >= 4 is 5.91 Å². The molecule has 1 aromatic heterocycles. The first-order chi connectivity index (χ1) is 10.9. The van der Waals surface area contributed by atoms with E-state index < -0.39 is 6.10 Å². The van der Waals surface area contributed by atoms with Crippen molar-refractivity contribution in [3.8, 4) is 5.75 Å². The van der Waals surface area contributed by atoms with E-state index in [1.165, 1.54) is 0 Å². The summed E-state index contributed by atoms with van der Waals surface area (Å²) in [6, 6.07) is 7.30. The summed E-state index contributed by atoms with van der Waals surface area (Å²) in [5.74, 6) is 0.490. The normalized spacial score (nSPS) is 12.3. The number of amides is 1. The Kier molecular flexibility index (Phi) is 5.39. The SMILES string of the molecule is COc1ccc(C(O)CNC(=O)c2cnn(C(C)C)c2C)cc1. The molecule has 0 bridgehead atoms. The zero-order valence-corrected chi connectivity index (χ0v) is 13.9. The molecule has 1 heterocycles. The number of benzene rings is 1. The molecule has 124 valence electrons. The Morgan fingerprint density at radius 3 is 2.52 bits per heavy atom. The molecule has 2 aromatic rings. The summed E-state index contributed by atoms with van der Waals surface area (Å²) < 4.78 is 6.88. The van der Waals surface area contributed by atoms with E-state index >= 15 is 0 Å². The number of hydrogen-bond acceptors (Lipinski definition) is 4. The van der Waals surface area contributed by atoms with Gasteiger partial charge in [0.25, 0.3) is 5.91 Å². The van der Waals surface area contributed by atoms with E-state index in [1.807, 2.05) is 20.8 Å². The van der Waals surface area contributed by atoms with Gasteiger partial charge in [0.05, 0.1) is 25.0 Å². The van der Waals surface area contributed by atoms with Gasteiger partial charge in [0.2, 0.25) is 0 Å². The highest BCUT2D eigenvalue weighted by atomic mass is 16.5. The zero-order valence-electron chi connectivity index (χ0n) is 13.9. The highest BCUT2D eigenvalue weighted by molar-refractivity contribution is 5.95. The molecule has 1 unspecified atom stereocenters. The first-order valence-electron chi connectivity index (χ1n) is 7.58. The number of aromatic nitrogens is 2. The Bertz CT molecular complexity index is 662. The van der Waals surface area contributed by atoms with Crippen molar-refractivity contribution in [3.63, 3.8) is 0 Å². The molecule has 0 spiro atoms. The summed E-state index contributed by atoms with van der Waals surface area (Å²) in [4.78, 5) is 12.2. The van der Waals surface area contributed by atoms with Crippen LogP contribution in [0.25, 0.3) is 0 Å². The Morgan fingerprint density at radius 1 is 1.35 bits per heavy atom. The third kappa shape index (κ3) is 3.90. The van der Waals surface area contributed by atoms with Crippen LogP contribution in [0.15, 0.2) is 30.5 Å². The van der Waals surface area contributed by atoms with Gasteiger partial charge < -0.3 is 15.2 Å². The quantitative estimate of drug-likeness (QED) is 0.857. The lowest BCUT2D eigenvalue weighted by Crippen LogP contribution is -2.28. The molecule has 0 aliphatic rings. The topological polar surface area (TPSA) is 76.4 Å². The van der Waals surface area contributed by atoms with E-state index in [2.05, 4.69) is 10.4 Å². The van der Waals surface area contributed by atoms with Crippen molar-refractivity contribution in [2.45, 2.75) is 32.9 Å². The van der Waals surface area contributed by atoms with Crippen LogP contribution in [0.4, 0.5) is 0 Å². The van der Waals surface area contributed by atoms with Gasteiger partial charge in [-0.1, -0.05) is 12.1 Å². The van der Waals surface area contributed by atoms with Gasteiger partial charge in [-0.15, -0.1) is 0 Å². The molecule has 6 nitrogen and oxygen atoms in total. The molecule has 23 heavy (non-hydrogen) atoms. The maximum Gasteiger partial charge on any atom is 0.254 e. The fourth-order valence-electron chi connectivity index (χ4n) is 2.40. The van der Waals surface area contributed by atoms with E-state index in [0.29, 0.717) is 5.56 Å². The summed E-state index contributed by atoms with van der Waals surface area (Å²) in [5.41, 5.74) is 2.07. The van der Waals surface area contributed by atoms with Crippen molar-refractivity contribution in [2.75, 3.05) is 13.7 Å². The van der Waals surface area contributed by atoms with E-state index in [4.69, 9.17) is 4.74 Å². The number of methoxy groups -OCH3 is 1. The van der Waals surface area contributed by atoms with Gasteiger partial charge in [-0.05, 0) is 38.5 Å². The third-order valence-corrected chi connectivity index (χ3v) is 3.73. The fourth-order valence-corrected chi connectivity index (χ4v) is 2.40. The molecule has 1 atom stereocenters. The maximum absolute atomic E-state index is 12.2. The third-order valence-electron chi connectivity index (χ3n) is 3.73. The van der Waals surface area contributed by atoms with Gasteiger partial charge in [-0.3, -0.25) is 9.48 Å². The zero-order chi connectivity index (χ0) is 17.0. The van der Waals surface area contributed by atoms with Crippen LogP contribution in [0.5, 0.6) is 5.75 Å². The van der Waals surface area contributed by atoms with Gasteiger partial charge in [0.1, 0.15) is 5.75 Å². The summed E-state index contributed by atoms with van der Waals surface area (Å²) in [7, 11) is 1.59. The number of nitrogens with zero attached hydrogens (tertiary/aromatic N) is 2. The molecule has 2 rings (SSSR count). The minimum Gasteiger partial charge on any atom is -0.497 e. The van der Waals surface area contributed by atoms with Crippen molar-refractivity contribution in [1.29, 1.82) is 0 Å². The number of carbonyl (C=O) groups excluding carboxylic acids is 1. The maximum atomic E-state index is 12.2. The van der Waals surface area contributed by atoms with E-state index in [1.54, 1.807) is 42.3 Å². The van der Waals surface area contributed by atoms with Crippen LogP contribution >= 0.6 is 0 Å². The predicted octanol–water partition coefficient (Wildman–Crippen LogP) is 2.24. The Labute approximate surface area is 136 Å². The molecule has 6 heteroatoms. The van der Waals surface area contributed by atoms with Crippen molar-refractivity contribution < 1.29 is 14.6 Å². The van der Waals surface area contributed by atoms with Crippen molar-refractivity contribution in [2.24, 2.45) is 0 Å². The predicted molar refractivity (Wildman–Crippen MR) is 87.6 cm³/mol. The van der Waals surface area contributed by atoms with E-state index in [9.17, 15) is 9.90 Å². The highest BCUT2D eigenvalue weighted by Crippen LogP contribution is 2.17. The second kappa shape index (κ2) is 7.28. The van der Waals surface area contributed by atoms with E-state index in [-0.39, 0.29) is 18.5 Å². The summed E-state index contributed by atoms with van der Waals surface area (Å²) in [5, 5.41) is 17.1. The van der Waals surface area contributed by atoms with Crippen LogP contribution in [0.1, 0.15) is 47.6 Å². The number of aliphatic hydroxyl groups is 1. The van der Waals surface area contributed by atoms with Crippen LogP contribution in [-0.2, 0) is 0 Å². The van der Waals surface area contributed by atoms with Crippen molar-refractivity contribution in [3.05, 3.63) is 47.3 Å². The largest absolute Gasteiger partial charge is 0.497 e. The Morgan fingerprint density at radius 2 is 2.00 bits per heavy atom. The first-order valence-corrected chi connectivity index (χ1v) is 7.58. The number of hydrogen-bond donors (Lipinski definition) is 2. The summed E-state index contributed by atoms with van der Waals surface area (Å²) in [6.07, 6.45) is 0.787. The molecule has 0 radical (unpaired) electrons. The average Bonchev–Trinajstić information content (AvgIpc) is 2.94. The molecule has 1 amide bonds.